The molecule has 1 rings (SSSR count). The highest BCUT2D eigenvalue weighted by molar-refractivity contribution is 7.89. The molecule has 0 aliphatic heterocycles. The van der Waals surface area contributed by atoms with Gasteiger partial charge in [0.1, 0.15) is 5.76 Å². The van der Waals surface area contributed by atoms with Crippen molar-refractivity contribution in [2.75, 3.05) is 12.3 Å². The van der Waals surface area contributed by atoms with Crippen molar-refractivity contribution in [3.8, 4) is 0 Å². The summed E-state index contributed by atoms with van der Waals surface area (Å²) in [5.74, 6) is 0.762. The molecule has 3 N–H and O–H groups in total. The fourth-order valence-electron chi connectivity index (χ4n) is 1.19. The Morgan fingerprint density at radius 3 is 2.81 bits per heavy atom. The Morgan fingerprint density at radius 2 is 2.25 bits per heavy atom. The first-order chi connectivity index (χ1) is 7.53. The van der Waals surface area contributed by atoms with Gasteiger partial charge in [0.25, 0.3) is 0 Å². The molecule has 0 fully saturated rings. The van der Waals surface area contributed by atoms with Crippen LogP contribution in [0.2, 0.25) is 0 Å². The highest BCUT2D eigenvalue weighted by Crippen LogP contribution is 2.02. The van der Waals surface area contributed by atoms with Crippen molar-refractivity contribution in [2.45, 2.75) is 26.3 Å². The van der Waals surface area contributed by atoms with Crippen molar-refractivity contribution in [3.63, 3.8) is 0 Å². The molecule has 0 atom stereocenters. The van der Waals surface area contributed by atoms with E-state index in [4.69, 9.17) is 10.3 Å². The maximum absolute atomic E-state index is 11.5. The van der Waals surface area contributed by atoms with Crippen molar-refractivity contribution in [2.24, 2.45) is 5.73 Å². The Labute approximate surface area is 95.2 Å². The average molecular weight is 247 g/mol. The summed E-state index contributed by atoms with van der Waals surface area (Å²) in [6, 6.07) is 1.70. The van der Waals surface area contributed by atoms with Crippen LogP contribution >= 0.6 is 0 Å². The number of nitrogens with two attached hydrogens (primary N) is 1. The number of hydrogen-bond acceptors (Lipinski definition) is 5. The summed E-state index contributed by atoms with van der Waals surface area (Å²) in [6.45, 7) is 2.44. The predicted octanol–water partition coefficient (Wildman–Crippen LogP) is 0.141. The zero-order valence-corrected chi connectivity index (χ0v) is 10.1. The molecule has 0 unspecified atom stereocenters. The zero-order chi connectivity index (χ0) is 12.0. The summed E-state index contributed by atoms with van der Waals surface area (Å²) in [4.78, 5) is 0. The van der Waals surface area contributed by atoms with E-state index in [2.05, 4.69) is 9.88 Å². The Morgan fingerprint density at radius 1 is 1.50 bits per heavy atom. The number of nitrogens with one attached hydrogen (secondary N) is 1. The SMILES string of the molecule is Cc1cc(CNS(=O)(=O)CCCCN)no1. The van der Waals surface area contributed by atoms with Crippen LogP contribution in [0, 0.1) is 6.92 Å². The van der Waals surface area contributed by atoms with Crippen molar-refractivity contribution in [3.05, 3.63) is 17.5 Å². The number of sulfonamides is 1. The summed E-state index contributed by atoms with van der Waals surface area (Å²) in [5, 5.41) is 3.69. The van der Waals surface area contributed by atoms with Crippen molar-refractivity contribution < 1.29 is 12.9 Å². The quantitative estimate of drug-likeness (QED) is 0.668. The molecular formula is C9H17N3O3S. The van der Waals surface area contributed by atoms with Crippen LogP contribution in [-0.2, 0) is 16.6 Å². The molecule has 0 bridgehead atoms. The van der Waals surface area contributed by atoms with Crippen LogP contribution < -0.4 is 10.5 Å². The molecular weight excluding hydrogens is 230 g/mol. The summed E-state index contributed by atoms with van der Waals surface area (Å²) < 4.78 is 30.2. The van der Waals surface area contributed by atoms with Crippen LogP contribution in [0.1, 0.15) is 24.3 Å². The van der Waals surface area contributed by atoms with Gasteiger partial charge in [0.05, 0.1) is 18.0 Å². The number of unbranched alkanes of at least 4 members (excludes halogenated alkanes) is 1. The van der Waals surface area contributed by atoms with E-state index in [0.29, 0.717) is 30.8 Å². The largest absolute Gasteiger partial charge is 0.361 e. The monoisotopic (exact) mass is 247 g/mol. The van der Waals surface area contributed by atoms with Gasteiger partial charge in [-0.15, -0.1) is 0 Å². The molecule has 0 aliphatic carbocycles. The molecule has 0 aliphatic rings. The standard InChI is InChI=1S/C9H17N3O3S/c1-8-6-9(12-15-8)7-11-16(13,14)5-3-2-4-10/h6,11H,2-5,7,10H2,1H3. The van der Waals surface area contributed by atoms with E-state index in [-0.39, 0.29) is 12.3 Å². The molecule has 16 heavy (non-hydrogen) atoms. The van der Waals surface area contributed by atoms with Crippen LogP contribution in [0.5, 0.6) is 0 Å². The van der Waals surface area contributed by atoms with Gasteiger partial charge >= 0.3 is 0 Å². The highest BCUT2D eigenvalue weighted by Gasteiger charge is 2.10. The molecule has 0 saturated carbocycles. The van der Waals surface area contributed by atoms with Crippen molar-refractivity contribution >= 4 is 10.0 Å². The lowest BCUT2D eigenvalue weighted by molar-refractivity contribution is 0.390. The summed E-state index contributed by atoms with van der Waals surface area (Å²) in [6.07, 6.45) is 1.29. The predicted molar refractivity (Wildman–Crippen MR) is 60.2 cm³/mol. The normalized spacial score (nSPS) is 11.9. The number of rotatable bonds is 7. The lowest BCUT2D eigenvalue weighted by atomic mass is 10.3. The van der Waals surface area contributed by atoms with Crippen molar-refractivity contribution in [1.29, 1.82) is 0 Å². The third kappa shape index (κ3) is 4.73. The van der Waals surface area contributed by atoms with Gasteiger partial charge in [-0.05, 0) is 26.3 Å². The molecule has 1 aromatic heterocycles. The second-order valence-electron chi connectivity index (χ2n) is 3.56. The van der Waals surface area contributed by atoms with Gasteiger partial charge in [-0.25, -0.2) is 13.1 Å². The molecule has 0 spiro atoms. The number of aryl methyl sites for hydroxylation is 1. The molecule has 1 aromatic rings. The molecule has 1 heterocycles. The fraction of sp³-hybridized carbons (Fsp3) is 0.667. The van der Waals surface area contributed by atoms with Gasteiger partial charge < -0.3 is 10.3 Å². The summed E-state index contributed by atoms with van der Waals surface area (Å²) in [5.41, 5.74) is 5.87. The van der Waals surface area contributed by atoms with Crippen LogP contribution in [-0.4, -0.2) is 25.9 Å². The molecule has 92 valence electrons. The second kappa shape index (κ2) is 5.97. The molecule has 0 amide bonds. The third-order valence-corrected chi connectivity index (χ3v) is 3.43. The van der Waals surface area contributed by atoms with Crippen LogP contribution in [0.15, 0.2) is 10.6 Å². The Bertz CT molecular complexity index is 413. The van der Waals surface area contributed by atoms with E-state index in [1.807, 2.05) is 0 Å². The molecule has 0 aromatic carbocycles. The minimum Gasteiger partial charge on any atom is -0.361 e. The Hall–Kier alpha value is -0.920. The zero-order valence-electron chi connectivity index (χ0n) is 9.27. The molecule has 6 nitrogen and oxygen atoms in total. The van der Waals surface area contributed by atoms with E-state index in [1.165, 1.54) is 0 Å². The van der Waals surface area contributed by atoms with E-state index in [1.54, 1.807) is 13.0 Å². The van der Waals surface area contributed by atoms with E-state index in [0.717, 1.165) is 0 Å². The summed E-state index contributed by atoms with van der Waals surface area (Å²) in [7, 11) is -3.23. The molecule has 7 heteroatoms. The number of hydrogen-bond donors (Lipinski definition) is 2. The first-order valence-corrected chi connectivity index (χ1v) is 6.78. The maximum Gasteiger partial charge on any atom is 0.211 e. The van der Waals surface area contributed by atoms with Gasteiger partial charge in [-0.3, -0.25) is 0 Å². The van der Waals surface area contributed by atoms with Crippen LogP contribution in [0.3, 0.4) is 0 Å². The van der Waals surface area contributed by atoms with Gasteiger partial charge in [0.15, 0.2) is 0 Å². The Kier molecular flexibility index (Phi) is 4.91. The van der Waals surface area contributed by atoms with Crippen LogP contribution in [0.25, 0.3) is 0 Å². The minimum absolute atomic E-state index is 0.0982. The first kappa shape index (κ1) is 13.1. The van der Waals surface area contributed by atoms with Gasteiger partial charge in [-0.2, -0.15) is 0 Å². The van der Waals surface area contributed by atoms with E-state index >= 15 is 0 Å². The van der Waals surface area contributed by atoms with Gasteiger partial charge in [0, 0.05) is 6.07 Å². The lowest BCUT2D eigenvalue weighted by Crippen LogP contribution is -2.26. The highest BCUT2D eigenvalue weighted by atomic mass is 32.2. The van der Waals surface area contributed by atoms with Gasteiger partial charge in [-0.1, -0.05) is 5.16 Å². The van der Waals surface area contributed by atoms with Crippen LogP contribution in [0.4, 0.5) is 0 Å². The smallest absolute Gasteiger partial charge is 0.211 e. The van der Waals surface area contributed by atoms with Crippen molar-refractivity contribution in [1.82, 2.24) is 9.88 Å². The summed E-state index contributed by atoms with van der Waals surface area (Å²) >= 11 is 0. The first-order valence-electron chi connectivity index (χ1n) is 5.13. The Balaban J connectivity index is 2.36. The maximum atomic E-state index is 11.5. The minimum atomic E-state index is -3.23. The number of aromatic nitrogens is 1. The van der Waals surface area contributed by atoms with E-state index in [9.17, 15) is 8.42 Å². The average Bonchev–Trinajstić information content (AvgIpc) is 2.62. The fourth-order valence-corrected chi connectivity index (χ4v) is 2.29. The van der Waals surface area contributed by atoms with Gasteiger partial charge in [0.2, 0.25) is 10.0 Å². The topological polar surface area (TPSA) is 98.2 Å². The number of nitrogens with zero attached hydrogens (tertiary/aromatic N) is 1. The lowest BCUT2D eigenvalue weighted by Gasteiger charge is -2.03. The molecule has 0 saturated heterocycles. The third-order valence-electron chi connectivity index (χ3n) is 2.02. The van der Waals surface area contributed by atoms with E-state index < -0.39 is 10.0 Å². The second-order valence-corrected chi connectivity index (χ2v) is 5.49. The molecule has 0 radical (unpaired) electrons.